The third-order valence-corrected chi connectivity index (χ3v) is 3.04. The number of nitrogen functional groups attached to an aromatic ring is 2. The number of nitrogens with zero attached hydrogens (tertiary/aromatic N) is 3. The average Bonchev–Trinajstić information content (AvgIpc) is 2.35. The van der Waals surface area contributed by atoms with Crippen LogP contribution in [0.4, 0.5) is 11.6 Å². The number of hydrogen-bond acceptors (Lipinski definition) is 7. The van der Waals surface area contributed by atoms with Crippen LogP contribution in [0.1, 0.15) is 5.56 Å². The van der Waals surface area contributed by atoms with Crippen LogP contribution in [0.3, 0.4) is 0 Å². The molecule has 0 aromatic carbocycles. The molecule has 18 heavy (non-hydrogen) atoms. The fraction of sp³-hybridized carbons (Fsp3) is 0.182. The van der Waals surface area contributed by atoms with Crippen LogP contribution in [0.5, 0.6) is 5.88 Å². The van der Waals surface area contributed by atoms with Crippen molar-refractivity contribution in [3.8, 4) is 5.88 Å². The molecule has 6 nitrogen and oxygen atoms in total. The first kappa shape index (κ1) is 12.4. The molecule has 0 aliphatic heterocycles. The van der Waals surface area contributed by atoms with E-state index in [0.29, 0.717) is 28.4 Å². The molecule has 2 aromatic heterocycles. The quantitative estimate of drug-likeness (QED) is 0.634. The number of rotatable bonds is 4. The number of pyridine rings is 1. The molecule has 7 heteroatoms. The highest BCUT2D eigenvalue weighted by atomic mass is 32.2. The normalized spacial score (nSPS) is 10.3. The van der Waals surface area contributed by atoms with Crippen molar-refractivity contribution in [1.29, 1.82) is 0 Å². The number of ether oxygens (including phenoxy) is 1. The molecule has 2 heterocycles. The van der Waals surface area contributed by atoms with Gasteiger partial charge >= 0.3 is 0 Å². The summed E-state index contributed by atoms with van der Waals surface area (Å²) in [5, 5.41) is 0.540. The van der Waals surface area contributed by atoms with Crippen molar-refractivity contribution < 1.29 is 4.74 Å². The van der Waals surface area contributed by atoms with E-state index in [-0.39, 0.29) is 0 Å². The second kappa shape index (κ2) is 5.54. The lowest BCUT2D eigenvalue weighted by Gasteiger charge is -2.06. The number of hydrogen-bond donors (Lipinski definition) is 2. The van der Waals surface area contributed by atoms with E-state index in [9.17, 15) is 0 Å². The minimum atomic E-state index is 0.364. The molecule has 0 fully saturated rings. The van der Waals surface area contributed by atoms with Crippen LogP contribution < -0.4 is 16.2 Å². The van der Waals surface area contributed by atoms with Crippen LogP contribution in [0, 0.1) is 0 Å². The van der Waals surface area contributed by atoms with Crippen LogP contribution in [-0.4, -0.2) is 22.1 Å². The second-order valence-electron chi connectivity index (χ2n) is 3.46. The van der Waals surface area contributed by atoms with Gasteiger partial charge in [-0.2, -0.15) is 0 Å². The highest BCUT2D eigenvalue weighted by Gasteiger charge is 2.06. The van der Waals surface area contributed by atoms with Gasteiger partial charge in [-0.3, -0.25) is 0 Å². The summed E-state index contributed by atoms with van der Waals surface area (Å²) in [7, 11) is 1.59. The number of anilines is 2. The Morgan fingerprint density at radius 1 is 1.28 bits per heavy atom. The van der Waals surface area contributed by atoms with Crippen LogP contribution in [0.25, 0.3) is 0 Å². The first-order valence-electron chi connectivity index (χ1n) is 5.20. The Morgan fingerprint density at radius 2 is 2.00 bits per heavy atom. The summed E-state index contributed by atoms with van der Waals surface area (Å²) in [6.45, 7) is 0. The number of thioether (sulfide) groups is 1. The van der Waals surface area contributed by atoms with Gasteiger partial charge in [-0.15, -0.1) is 0 Å². The van der Waals surface area contributed by atoms with Gasteiger partial charge in [0.05, 0.1) is 7.11 Å². The maximum Gasteiger partial charge on any atom is 0.217 e. The molecule has 0 spiro atoms. The topological polar surface area (TPSA) is 99.9 Å². The van der Waals surface area contributed by atoms with Gasteiger partial charge in [0.25, 0.3) is 0 Å². The summed E-state index contributed by atoms with van der Waals surface area (Å²) in [4.78, 5) is 12.3. The summed E-state index contributed by atoms with van der Waals surface area (Å²) in [5.74, 6) is 1.97. The molecule has 0 radical (unpaired) electrons. The maximum atomic E-state index is 5.60. The van der Waals surface area contributed by atoms with Gasteiger partial charge in [0.1, 0.15) is 11.6 Å². The fourth-order valence-corrected chi connectivity index (χ4v) is 2.23. The van der Waals surface area contributed by atoms with E-state index in [1.165, 1.54) is 17.8 Å². The zero-order valence-corrected chi connectivity index (χ0v) is 10.6. The minimum absolute atomic E-state index is 0.364. The van der Waals surface area contributed by atoms with Crippen molar-refractivity contribution in [3.05, 3.63) is 30.0 Å². The number of nitrogens with two attached hydrogens (primary N) is 2. The highest BCUT2D eigenvalue weighted by Crippen LogP contribution is 2.25. The summed E-state index contributed by atoms with van der Waals surface area (Å²) in [5.41, 5.74) is 12.2. The summed E-state index contributed by atoms with van der Waals surface area (Å²) in [6.07, 6.45) is 1.68. The molecular weight excluding hydrogens is 250 g/mol. The Hall–Kier alpha value is -2.02. The second-order valence-corrected chi connectivity index (χ2v) is 4.40. The Morgan fingerprint density at radius 3 is 2.67 bits per heavy atom. The van der Waals surface area contributed by atoms with E-state index in [1.807, 2.05) is 12.1 Å². The van der Waals surface area contributed by atoms with Crippen molar-refractivity contribution >= 4 is 23.4 Å². The minimum Gasteiger partial charge on any atom is -0.481 e. The summed E-state index contributed by atoms with van der Waals surface area (Å²) in [6, 6.07) is 5.32. The van der Waals surface area contributed by atoms with E-state index in [1.54, 1.807) is 13.3 Å². The fourth-order valence-electron chi connectivity index (χ4n) is 1.39. The van der Waals surface area contributed by atoms with E-state index < -0.39 is 0 Å². The first-order valence-corrected chi connectivity index (χ1v) is 6.18. The lowest BCUT2D eigenvalue weighted by atomic mass is 10.3. The molecule has 94 valence electrons. The van der Waals surface area contributed by atoms with Crippen molar-refractivity contribution in [2.75, 3.05) is 18.6 Å². The molecule has 4 N–H and O–H groups in total. The van der Waals surface area contributed by atoms with E-state index in [4.69, 9.17) is 16.2 Å². The lowest BCUT2D eigenvalue weighted by molar-refractivity contribution is 0.394. The van der Waals surface area contributed by atoms with E-state index in [2.05, 4.69) is 15.0 Å². The zero-order chi connectivity index (χ0) is 13.0. The predicted molar refractivity (Wildman–Crippen MR) is 71.2 cm³/mol. The largest absolute Gasteiger partial charge is 0.481 e. The van der Waals surface area contributed by atoms with Gasteiger partial charge in [-0.1, -0.05) is 17.8 Å². The molecule has 0 amide bonds. The van der Waals surface area contributed by atoms with Crippen molar-refractivity contribution in [3.63, 3.8) is 0 Å². The zero-order valence-electron chi connectivity index (χ0n) is 9.83. The molecule has 0 bridgehead atoms. The molecular formula is C11H13N5OS. The van der Waals surface area contributed by atoms with Crippen LogP contribution in [-0.2, 0) is 5.75 Å². The average molecular weight is 263 g/mol. The van der Waals surface area contributed by atoms with Crippen LogP contribution in [0.2, 0.25) is 0 Å². The Bertz CT molecular complexity index is 528. The monoisotopic (exact) mass is 263 g/mol. The van der Waals surface area contributed by atoms with Gasteiger partial charge in [0.15, 0.2) is 5.16 Å². The van der Waals surface area contributed by atoms with E-state index >= 15 is 0 Å². The standard InChI is InChI=1S/C11H13N5OS/c1-17-10-7(3-2-4-14-10)6-18-11-15-8(12)5-9(13)16-11/h2-5H,6H2,1H3,(H4,12,13,15,16). The Kier molecular flexibility index (Phi) is 3.83. The van der Waals surface area contributed by atoms with Gasteiger partial charge < -0.3 is 16.2 Å². The van der Waals surface area contributed by atoms with Gasteiger partial charge in [0.2, 0.25) is 5.88 Å². The lowest BCUT2D eigenvalue weighted by Crippen LogP contribution is -1.99. The molecule has 0 aliphatic carbocycles. The third kappa shape index (κ3) is 3.01. The molecule has 0 unspecified atom stereocenters. The van der Waals surface area contributed by atoms with Gasteiger partial charge in [-0.05, 0) is 6.07 Å². The smallest absolute Gasteiger partial charge is 0.217 e. The van der Waals surface area contributed by atoms with Crippen LogP contribution in [0.15, 0.2) is 29.6 Å². The van der Waals surface area contributed by atoms with Gasteiger partial charge in [0, 0.05) is 23.6 Å². The Labute approximate surface area is 109 Å². The van der Waals surface area contributed by atoms with E-state index in [0.717, 1.165) is 5.56 Å². The summed E-state index contributed by atoms with van der Waals surface area (Å²) < 4.78 is 5.17. The SMILES string of the molecule is COc1ncccc1CSc1nc(N)cc(N)n1. The van der Waals surface area contributed by atoms with Crippen molar-refractivity contribution in [1.82, 2.24) is 15.0 Å². The van der Waals surface area contributed by atoms with Crippen molar-refractivity contribution in [2.45, 2.75) is 10.9 Å². The first-order chi connectivity index (χ1) is 8.69. The molecule has 0 saturated heterocycles. The maximum absolute atomic E-state index is 5.60. The third-order valence-electron chi connectivity index (χ3n) is 2.15. The highest BCUT2D eigenvalue weighted by molar-refractivity contribution is 7.98. The van der Waals surface area contributed by atoms with Crippen molar-refractivity contribution in [2.24, 2.45) is 0 Å². The van der Waals surface area contributed by atoms with Gasteiger partial charge in [-0.25, -0.2) is 15.0 Å². The number of methoxy groups -OCH3 is 1. The molecule has 0 aliphatic rings. The molecule has 2 aromatic rings. The predicted octanol–water partition coefficient (Wildman–Crippen LogP) is 1.34. The molecule has 0 atom stereocenters. The molecule has 0 saturated carbocycles. The Balaban J connectivity index is 2.11. The van der Waals surface area contributed by atoms with Crippen LogP contribution >= 0.6 is 11.8 Å². The summed E-state index contributed by atoms with van der Waals surface area (Å²) >= 11 is 1.43. The number of aromatic nitrogens is 3. The molecule has 2 rings (SSSR count).